The summed E-state index contributed by atoms with van der Waals surface area (Å²) in [4.78, 5) is 21.6. The average Bonchev–Trinajstić information content (AvgIpc) is 3.44. The number of aromatic amines is 1. The van der Waals surface area contributed by atoms with E-state index in [1.165, 1.54) is 12.1 Å². The number of rotatable bonds is 7. The molecule has 0 bridgehead atoms. The zero-order chi connectivity index (χ0) is 22.8. The lowest BCUT2D eigenvalue weighted by Crippen LogP contribution is -2.31. The summed E-state index contributed by atoms with van der Waals surface area (Å²) in [6.07, 6.45) is 6.57. The third-order valence-electron chi connectivity index (χ3n) is 6.12. The second-order valence-electron chi connectivity index (χ2n) is 8.32. The van der Waals surface area contributed by atoms with Crippen molar-refractivity contribution in [2.75, 3.05) is 12.0 Å². The van der Waals surface area contributed by atoms with Crippen LogP contribution in [0.4, 0.5) is 4.39 Å². The maximum absolute atomic E-state index is 13.5. The van der Waals surface area contributed by atoms with Crippen LogP contribution < -0.4 is 5.32 Å². The highest BCUT2D eigenvalue weighted by Crippen LogP contribution is 2.28. The van der Waals surface area contributed by atoms with Gasteiger partial charge in [0.05, 0.1) is 22.8 Å². The van der Waals surface area contributed by atoms with Crippen molar-refractivity contribution >= 4 is 28.7 Å². The van der Waals surface area contributed by atoms with Crippen LogP contribution in [-0.2, 0) is 12.8 Å². The second kappa shape index (κ2) is 9.39. The van der Waals surface area contributed by atoms with Crippen molar-refractivity contribution in [1.82, 2.24) is 25.1 Å². The molecule has 6 nitrogen and oxygen atoms in total. The number of thioether (sulfide) groups is 1. The predicted octanol–water partition coefficient (Wildman–Crippen LogP) is 4.99. The second-order valence-corrected chi connectivity index (χ2v) is 9.30. The summed E-state index contributed by atoms with van der Waals surface area (Å²) in [5.41, 5.74) is 5.10. The number of benzene rings is 2. The smallest absolute Gasteiger partial charge is 0.272 e. The molecule has 8 heteroatoms. The number of nitrogens with one attached hydrogen (secondary N) is 2. The highest BCUT2D eigenvalue weighted by Gasteiger charge is 2.28. The Morgan fingerprint density at radius 1 is 1.18 bits per heavy atom. The summed E-state index contributed by atoms with van der Waals surface area (Å²) < 4.78 is 15.3. The van der Waals surface area contributed by atoms with Crippen molar-refractivity contribution in [3.63, 3.8) is 0 Å². The maximum atomic E-state index is 13.5. The molecule has 1 aliphatic carbocycles. The normalized spacial score (nSPS) is 14.2. The lowest BCUT2D eigenvalue weighted by atomic mass is 9.95. The van der Waals surface area contributed by atoms with Gasteiger partial charge in [-0.15, -0.1) is 0 Å². The van der Waals surface area contributed by atoms with E-state index < -0.39 is 0 Å². The number of hydrogen-bond donors (Lipinski definition) is 2. The van der Waals surface area contributed by atoms with E-state index in [0.29, 0.717) is 5.69 Å². The number of carbonyl (C=O) groups is 1. The molecule has 5 rings (SSSR count). The van der Waals surface area contributed by atoms with Gasteiger partial charge in [-0.05, 0) is 80.5 Å². The van der Waals surface area contributed by atoms with Crippen LogP contribution in [0.15, 0.2) is 48.5 Å². The van der Waals surface area contributed by atoms with Gasteiger partial charge in [0.1, 0.15) is 11.6 Å². The Labute approximate surface area is 196 Å². The number of fused-ring (bicyclic) bond motifs is 2. The fourth-order valence-electron chi connectivity index (χ4n) is 4.45. The number of carbonyl (C=O) groups excluding carboxylic acids is 1. The molecule has 0 spiro atoms. The monoisotopic (exact) mass is 463 g/mol. The molecule has 33 heavy (non-hydrogen) atoms. The summed E-state index contributed by atoms with van der Waals surface area (Å²) in [5.74, 6) is 1.16. The molecule has 170 valence electrons. The number of hydrogen-bond acceptors (Lipinski definition) is 4. The molecule has 0 saturated heterocycles. The highest BCUT2D eigenvalue weighted by molar-refractivity contribution is 7.98. The third-order valence-corrected chi connectivity index (χ3v) is 6.76. The van der Waals surface area contributed by atoms with E-state index in [1.807, 2.05) is 24.3 Å². The maximum Gasteiger partial charge on any atom is 0.272 e. The lowest BCUT2D eigenvalue weighted by Gasteiger charge is -2.17. The Hall–Kier alpha value is -3.13. The molecule has 0 aliphatic heterocycles. The van der Waals surface area contributed by atoms with Crippen LogP contribution in [0.1, 0.15) is 52.9 Å². The molecule has 1 amide bonds. The average molecular weight is 464 g/mol. The van der Waals surface area contributed by atoms with Crippen LogP contribution in [0, 0.1) is 5.82 Å². The van der Waals surface area contributed by atoms with Crippen molar-refractivity contribution in [1.29, 1.82) is 0 Å². The van der Waals surface area contributed by atoms with Crippen LogP contribution in [-0.4, -0.2) is 37.7 Å². The standard InChI is InChI=1S/C25H26FN5OS/c1-33-15-14-21(24-27-19-7-3-4-8-20(19)28-24)29-25(32)23-18-6-2-5-9-22(18)31(30-23)17-12-10-16(26)11-13-17/h3-4,7-8,10-13,21H,2,5-6,9,14-15H2,1H3,(H,27,28)(H,29,32)/t21-/m0/s1. The van der Waals surface area contributed by atoms with Crippen molar-refractivity contribution in [3.05, 3.63) is 77.1 Å². The topological polar surface area (TPSA) is 75.6 Å². The predicted molar refractivity (Wildman–Crippen MR) is 129 cm³/mol. The molecule has 2 aromatic carbocycles. The van der Waals surface area contributed by atoms with E-state index in [0.717, 1.165) is 71.7 Å². The molecule has 1 atom stereocenters. The Kier molecular flexibility index (Phi) is 6.17. The van der Waals surface area contributed by atoms with Crippen molar-refractivity contribution in [3.8, 4) is 5.69 Å². The Bertz CT molecular complexity index is 1250. The van der Waals surface area contributed by atoms with E-state index in [1.54, 1.807) is 28.6 Å². The van der Waals surface area contributed by atoms with Crippen LogP contribution in [0.2, 0.25) is 0 Å². The van der Waals surface area contributed by atoms with Gasteiger partial charge in [-0.2, -0.15) is 16.9 Å². The minimum absolute atomic E-state index is 0.194. The van der Waals surface area contributed by atoms with Gasteiger partial charge in [0.15, 0.2) is 5.69 Å². The van der Waals surface area contributed by atoms with Crippen LogP contribution >= 0.6 is 11.8 Å². The van der Waals surface area contributed by atoms with E-state index >= 15 is 0 Å². The highest BCUT2D eigenvalue weighted by atomic mass is 32.2. The van der Waals surface area contributed by atoms with E-state index in [2.05, 4.69) is 16.6 Å². The van der Waals surface area contributed by atoms with Crippen LogP contribution in [0.5, 0.6) is 0 Å². The van der Waals surface area contributed by atoms with Crippen molar-refractivity contribution < 1.29 is 9.18 Å². The Morgan fingerprint density at radius 3 is 2.76 bits per heavy atom. The van der Waals surface area contributed by atoms with Crippen LogP contribution in [0.3, 0.4) is 0 Å². The molecule has 0 saturated carbocycles. The molecular weight excluding hydrogens is 437 g/mol. The first-order valence-corrected chi connectivity index (χ1v) is 12.6. The third kappa shape index (κ3) is 4.39. The fourth-order valence-corrected chi connectivity index (χ4v) is 4.93. The number of nitrogens with zero attached hydrogens (tertiary/aromatic N) is 3. The van der Waals surface area contributed by atoms with Crippen molar-refractivity contribution in [2.45, 2.75) is 38.1 Å². The number of imidazole rings is 1. The van der Waals surface area contributed by atoms with Gasteiger partial charge in [-0.1, -0.05) is 12.1 Å². The van der Waals surface area contributed by atoms with Gasteiger partial charge in [0.25, 0.3) is 5.91 Å². The molecule has 1 aliphatic rings. The number of aromatic nitrogens is 4. The molecule has 2 heterocycles. The van der Waals surface area contributed by atoms with Crippen molar-refractivity contribution in [2.24, 2.45) is 0 Å². The van der Waals surface area contributed by atoms with Gasteiger partial charge >= 0.3 is 0 Å². The van der Waals surface area contributed by atoms with Gasteiger partial charge in [0, 0.05) is 11.3 Å². The molecule has 4 aromatic rings. The minimum atomic E-state index is -0.291. The molecule has 2 aromatic heterocycles. The number of halogens is 1. The zero-order valence-electron chi connectivity index (χ0n) is 18.5. The van der Waals surface area contributed by atoms with Gasteiger partial charge in [0.2, 0.25) is 0 Å². The Morgan fingerprint density at radius 2 is 1.97 bits per heavy atom. The molecule has 0 unspecified atom stereocenters. The first-order valence-electron chi connectivity index (χ1n) is 11.2. The largest absolute Gasteiger partial charge is 0.341 e. The van der Waals surface area contributed by atoms with Crippen LogP contribution in [0.25, 0.3) is 16.7 Å². The summed E-state index contributed by atoms with van der Waals surface area (Å²) in [5, 5.41) is 7.90. The van der Waals surface area contributed by atoms with Gasteiger partial charge in [-0.25, -0.2) is 14.1 Å². The first-order chi connectivity index (χ1) is 16.1. The lowest BCUT2D eigenvalue weighted by molar-refractivity contribution is 0.0927. The van der Waals surface area contributed by atoms with E-state index in [-0.39, 0.29) is 17.8 Å². The zero-order valence-corrected chi connectivity index (χ0v) is 19.3. The summed E-state index contributed by atoms with van der Waals surface area (Å²) in [7, 11) is 0. The molecule has 2 N–H and O–H groups in total. The fraction of sp³-hybridized carbons (Fsp3) is 0.320. The molecule has 0 radical (unpaired) electrons. The number of para-hydroxylation sites is 2. The Balaban J connectivity index is 1.47. The quantitative estimate of drug-likeness (QED) is 0.405. The summed E-state index contributed by atoms with van der Waals surface area (Å²) in [6.45, 7) is 0. The molecular formula is C25H26FN5OS. The number of amides is 1. The van der Waals surface area contributed by atoms with E-state index in [9.17, 15) is 9.18 Å². The SMILES string of the molecule is CSCC[C@H](NC(=O)c1nn(-c2ccc(F)cc2)c2c1CCCC2)c1nc2ccccc2[nH]1. The van der Waals surface area contributed by atoms with E-state index in [4.69, 9.17) is 10.1 Å². The first kappa shape index (κ1) is 21.7. The van der Waals surface area contributed by atoms with Gasteiger partial charge < -0.3 is 10.3 Å². The molecule has 0 fully saturated rings. The number of H-pyrrole nitrogens is 1. The minimum Gasteiger partial charge on any atom is -0.341 e. The summed E-state index contributed by atoms with van der Waals surface area (Å²) >= 11 is 1.74. The van der Waals surface area contributed by atoms with Gasteiger partial charge in [-0.3, -0.25) is 4.79 Å². The summed E-state index contributed by atoms with van der Waals surface area (Å²) in [6, 6.07) is 13.9.